The molecule has 2 heterocycles. The number of morpholine rings is 1. The van der Waals surface area contributed by atoms with Crippen molar-refractivity contribution in [2.24, 2.45) is 0 Å². The number of fused-ring (bicyclic) bond motifs is 1. The van der Waals surface area contributed by atoms with E-state index in [0.717, 1.165) is 87.2 Å². The largest absolute Gasteiger partial charge is 0.379 e. The first-order valence-electron chi connectivity index (χ1n) is 14.0. The second-order valence-corrected chi connectivity index (χ2v) is 14.1. The van der Waals surface area contributed by atoms with Crippen molar-refractivity contribution < 1.29 is 17.9 Å². The average molecular weight is 605 g/mol. The summed E-state index contributed by atoms with van der Waals surface area (Å²) in [7, 11) is -1.97. The van der Waals surface area contributed by atoms with E-state index in [9.17, 15) is 13.2 Å². The summed E-state index contributed by atoms with van der Waals surface area (Å²) in [5.41, 5.74) is 2.23. The molecule has 11 heteroatoms. The zero-order valence-corrected chi connectivity index (χ0v) is 25.5. The molecule has 1 saturated heterocycles. The molecule has 0 unspecified atom stereocenters. The fourth-order valence-corrected chi connectivity index (χ4v) is 8.41. The standard InChI is InChI=1S/C29H37ClN4O4S2/c1-21-19-23(30)20-26-27(21)31-29(39-26)34(14-6-13-33-15-17-38-18-16-33)28(35)22-9-11-25(12-10-22)40(36,37)32(2)24-7-4-3-5-8-24/h9-12,19-20,24H,3-8,13-18H2,1-2H3. The molecule has 216 valence electrons. The topological polar surface area (TPSA) is 83.0 Å². The van der Waals surface area contributed by atoms with Gasteiger partial charge in [0.25, 0.3) is 5.91 Å². The lowest BCUT2D eigenvalue weighted by Crippen LogP contribution is -2.39. The van der Waals surface area contributed by atoms with Crippen molar-refractivity contribution in [3.63, 3.8) is 0 Å². The highest BCUT2D eigenvalue weighted by atomic mass is 35.5. The first-order valence-corrected chi connectivity index (χ1v) is 16.6. The van der Waals surface area contributed by atoms with E-state index in [1.54, 1.807) is 36.2 Å². The summed E-state index contributed by atoms with van der Waals surface area (Å²) in [6.07, 6.45) is 5.82. The molecule has 0 spiro atoms. The first kappa shape index (κ1) is 29.4. The molecule has 8 nitrogen and oxygen atoms in total. The maximum Gasteiger partial charge on any atom is 0.260 e. The van der Waals surface area contributed by atoms with Crippen LogP contribution in [0.25, 0.3) is 10.2 Å². The van der Waals surface area contributed by atoms with E-state index in [0.29, 0.717) is 22.3 Å². The fraction of sp³-hybridized carbons (Fsp3) is 0.517. The third-order valence-electron chi connectivity index (χ3n) is 7.94. The van der Waals surface area contributed by atoms with Crippen molar-refractivity contribution in [2.75, 3.05) is 51.3 Å². The molecule has 1 amide bonds. The number of nitrogens with zero attached hydrogens (tertiary/aromatic N) is 4. The number of carbonyl (C=O) groups excluding carboxylic acids is 1. The van der Waals surface area contributed by atoms with Crippen LogP contribution in [0.4, 0.5) is 5.13 Å². The molecule has 0 atom stereocenters. The highest BCUT2D eigenvalue weighted by molar-refractivity contribution is 7.89. The van der Waals surface area contributed by atoms with Gasteiger partial charge in [-0.3, -0.25) is 14.6 Å². The summed E-state index contributed by atoms with van der Waals surface area (Å²) >= 11 is 7.74. The van der Waals surface area contributed by atoms with Crippen LogP contribution < -0.4 is 4.90 Å². The van der Waals surface area contributed by atoms with Gasteiger partial charge in [0.05, 0.1) is 28.3 Å². The van der Waals surface area contributed by atoms with Crippen LogP contribution in [0.1, 0.15) is 54.4 Å². The minimum atomic E-state index is -3.64. The Morgan fingerprint density at radius 2 is 1.82 bits per heavy atom. The van der Waals surface area contributed by atoms with Gasteiger partial charge in [-0.25, -0.2) is 13.4 Å². The summed E-state index contributed by atoms with van der Waals surface area (Å²) in [5, 5.41) is 1.25. The van der Waals surface area contributed by atoms with Gasteiger partial charge in [-0.05, 0) is 68.1 Å². The van der Waals surface area contributed by atoms with Gasteiger partial charge in [0.15, 0.2) is 5.13 Å². The van der Waals surface area contributed by atoms with Crippen molar-refractivity contribution >= 4 is 54.2 Å². The number of carbonyl (C=O) groups is 1. The molecule has 40 heavy (non-hydrogen) atoms. The number of ether oxygens (including phenoxy) is 1. The highest BCUT2D eigenvalue weighted by Gasteiger charge is 2.30. The summed E-state index contributed by atoms with van der Waals surface area (Å²) in [5.74, 6) is -0.200. The monoisotopic (exact) mass is 604 g/mol. The molecule has 2 aromatic carbocycles. The number of rotatable bonds is 9. The van der Waals surface area contributed by atoms with Crippen LogP contribution in [-0.2, 0) is 14.8 Å². The lowest BCUT2D eigenvalue weighted by Gasteiger charge is -2.30. The first-order chi connectivity index (χ1) is 19.2. The summed E-state index contributed by atoms with van der Waals surface area (Å²) < 4.78 is 34.5. The van der Waals surface area contributed by atoms with Gasteiger partial charge in [0, 0.05) is 49.9 Å². The Balaban J connectivity index is 1.38. The molecule has 0 radical (unpaired) electrons. The Kier molecular flexibility index (Phi) is 9.44. The van der Waals surface area contributed by atoms with E-state index < -0.39 is 10.0 Å². The normalized spacial score (nSPS) is 17.5. The van der Waals surface area contributed by atoms with E-state index in [2.05, 4.69) is 4.90 Å². The number of aryl methyl sites for hydroxylation is 1. The van der Waals surface area contributed by atoms with Crippen LogP contribution >= 0.6 is 22.9 Å². The van der Waals surface area contributed by atoms with Crippen LogP contribution in [0.15, 0.2) is 41.3 Å². The van der Waals surface area contributed by atoms with Crippen LogP contribution in [0.2, 0.25) is 5.02 Å². The minimum Gasteiger partial charge on any atom is -0.379 e. The Labute approximate surface area is 245 Å². The smallest absolute Gasteiger partial charge is 0.260 e. The summed E-state index contributed by atoms with van der Waals surface area (Å²) in [6.45, 7) is 6.54. The van der Waals surface area contributed by atoms with Crippen molar-refractivity contribution in [2.45, 2.75) is 56.4 Å². The third-order valence-corrected chi connectivity index (χ3v) is 11.1. The number of benzene rings is 2. The second-order valence-electron chi connectivity index (χ2n) is 10.7. The molecule has 2 aliphatic rings. The molecule has 1 aromatic heterocycles. The van der Waals surface area contributed by atoms with Gasteiger partial charge in [-0.1, -0.05) is 42.2 Å². The summed E-state index contributed by atoms with van der Waals surface area (Å²) in [4.78, 5) is 23.0. The van der Waals surface area contributed by atoms with Crippen molar-refractivity contribution in [1.29, 1.82) is 0 Å². The number of thiazole rings is 1. The van der Waals surface area contributed by atoms with E-state index >= 15 is 0 Å². The number of anilines is 1. The number of amides is 1. The van der Waals surface area contributed by atoms with Crippen LogP contribution in [0.3, 0.4) is 0 Å². The molecule has 5 rings (SSSR count). The molecule has 2 fully saturated rings. The predicted octanol–water partition coefficient (Wildman–Crippen LogP) is 5.58. The lowest BCUT2D eigenvalue weighted by molar-refractivity contribution is 0.0376. The quantitative estimate of drug-likeness (QED) is 0.317. The molecule has 0 bridgehead atoms. The molecular formula is C29H37ClN4O4S2. The van der Waals surface area contributed by atoms with E-state index in [4.69, 9.17) is 21.3 Å². The maximum absolute atomic E-state index is 13.9. The molecule has 1 aliphatic carbocycles. The van der Waals surface area contributed by atoms with Gasteiger partial charge >= 0.3 is 0 Å². The van der Waals surface area contributed by atoms with Crippen molar-refractivity contribution in [3.05, 3.63) is 52.5 Å². The van der Waals surface area contributed by atoms with Gasteiger partial charge in [-0.15, -0.1) is 0 Å². The summed E-state index contributed by atoms with van der Waals surface area (Å²) in [6, 6.07) is 10.1. The molecule has 1 aliphatic heterocycles. The number of aromatic nitrogens is 1. The van der Waals surface area contributed by atoms with Crippen LogP contribution in [0.5, 0.6) is 0 Å². The molecule has 0 N–H and O–H groups in total. The fourth-order valence-electron chi connectivity index (χ4n) is 5.55. The van der Waals surface area contributed by atoms with Gasteiger partial charge in [0.2, 0.25) is 10.0 Å². The van der Waals surface area contributed by atoms with Gasteiger partial charge in [0.1, 0.15) is 0 Å². The average Bonchev–Trinajstić information content (AvgIpc) is 3.40. The number of hydrogen-bond acceptors (Lipinski definition) is 7. The zero-order valence-electron chi connectivity index (χ0n) is 23.1. The highest BCUT2D eigenvalue weighted by Crippen LogP contribution is 2.34. The van der Waals surface area contributed by atoms with Gasteiger partial charge < -0.3 is 4.74 Å². The van der Waals surface area contributed by atoms with Gasteiger partial charge in [-0.2, -0.15) is 4.31 Å². The second kappa shape index (κ2) is 12.8. The Morgan fingerprint density at radius 1 is 1.12 bits per heavy atom. The maximum atomic E-state index is 13.9. The Morgan fingerprint density at radius 3 is 2.52 bits per heavy atom. The predicted molar refractivity (Wildman–Crippen MR) is 161 cm³/mol. The third kappa shape index (κ3) is 6.53. The Bertz CT molecular complexity index is 1430. The van der Waals surface area contributed by atoms with Crippen molar-refractivity contribution in [1.82, 2.24) is 14.2 Å². The van der Waals surface area contributed by atoms with Crippen molar-refractivity contribution in [3.8, 4) is 0 Å². The molecule has 3 aromatic rings. The van der Waals surface area contributed by atoms with Crippen LogP contribution in [-0.4, -0.2) is 81.0 Å². The SMILES string of the molecule is Cc1cc(Cl)cc2sc(N(CCCN3CCOCC3)C(=O)c3ccc(S(=O)(=O)N(C)C4CCCCC4)cc3)nc12. The minimum absolute atomic E-state index is 0.0259. The molecular weight excluding hydrogens is 568 g/mol. The van der Waals surface area contributed by atoms with E-state index in [1.807, 2.05) is 19.1 Å². The lowest BCUT2D eigenvalue weighted by atomic mass is 9.96. The number of sulfonamides is 1. The Hall–Kier alpha value is -2.08. The number of hydrogen-bond donors (Lipinski definition) is 0. The zero-order chi connectivity index (χ0) is 28.3. The molecule has 1 saturated carbocycles. The van der Waals surface area contributed by atoms with Crippen LogP contribution in [0, 0.1) is 6.92 Å². The van der Waals surface area contributed by atoms with E-state index in [-0.39, 0.29) is 16.8 Å². The van der Waals surface area contributed by atoms with E-state index in [1.165, 1.54) is 15.6 Å². The number of halogens is 1.